The van der Waals surface area contributed by atoms with Crippen molar-refractivity contribution in [3.05, 3.63) is 52.6 Å². The molecule has 0 unspecified atom stereocenters. The van der Waals surface area contributed by atoms with E-state index in [1.54, 1.807) is 44.2 Å². The maximum Gasteiger partial charge on any atom is 0.362 e. The van der Waals surface area contributed by atoms with Gasteiger partial charge in [-0.3, -0.25) is 4.57 Å². The highest BCUT2D eigenvalue weighted by Crippen LogP contribution is 2.35. The van der Waals surface area contributed by atoms with E-state index in [9.17, 15) is 13.0 Å². The molecule has 0 fully saturated rings. The zero-order valence-electron chi connectivity index (χ0n) is 18.3. The predicted molar refractivity (Wildman–Crippen MR) is 118 cm³/mol. The number of methoxy groups -OCH3 is 1. The van der Waals surface area contributed by atoms with Crippen LogP contribution in [-0.4, -0.2) is 43.7 Å². The maximum atomic E-state index is 12.9. The Hall–Kier alpha value is -1.90. The molecule has 0 bridgehead atoms. The molecule has 0 aliphatic heterocycles. The fourth-order valence-electron chi connectivity index (χ4n) is 3.06. The largest absolute Gasteiger partial charge is 0.481 e. The van der Waals surface area contributed by atoms with Crippen LogP contribution in [0.5, 0.6) is 11.5 Å². The highest BCUT2D eigenvalue weighted by atomic mass is 32.2. The van der Waals surface area contributed by atoms with Crippen LogP contribution in [-0.2, 0) is 25.6 Å². The topological polar surface area (TPSA) is 119 Å². The summed E-state index contributed by atoms with van der Waals surface area (Å²) in [5.41, 5.74) is 3.50. The Morgan fingerprint density at radius 1 is 1.03 bits per heavy atom. The molecule has 0 saturated carbocycles. The van der Waals surface area contributed by atoms with E-state index in [1.807, 2.05) is 13.8 Å². The number of hydrogen-bond donors (Lipinski definition) is 2. The van der Waals surface area contributed by atoms with Crippen LogP contribution in [0, 0.1) is 13.8 Å². The highest BCUT2D eigenvalue weighted by molar-refractivity contribution is 7.92. The summed E-state index contributed by atoms with van der Waals surface area (Å²) in [5, 5.41) is -0.610. The Kier molecular flexibility index (Phi) is 8.30. The van der Waals surface area contributed by atoms with Crippen molar-refractivity contribution in [2.24, 2.45) is 0 Å². The summed E-state index contributed by atoms with van der Waals surface area (Å²) >= 11 is 0. The van der Waals surface area contributed by atoms with Gasteiger partial charge in [-0.05, 0) is 80.6 Å². The Labute approximate surface area is 183 Å². The van der Waals surface area contributed by atoms with Crippen LogP contribution >= 0.6 is 7.60 Å². The first-order valence-electron chi connectivity index (χ1n) is 9.61. The first kappa shape index (κ1) is 25.4. The fraction of sp³-hybridized carbons (Fsp3) is 0.429. The predicted octanol–water partition coefficient (Wildman–Crippen LogP) is 3.57. The van der Waals surface area contributed by atoms with E-state index in [2.05, 4.69) is 0 Å². The molecule has 0 aliphatic rings. The molecule has 2 aromatic rings. The van der Waals surface area contributed by atoms with E-state index < -0.39 is 29.0 Å². The normalized spacial score (nSPS) is 12.3. The average Bonchev–Trinajstić information content (AvgIpc) is 2.67. The van der Waals surface area contributed by atoms with Crippen molar-refractivity contribution >= 4 is 17.4 Å². The number of aryl methyl sites for hydroxylation is 2. The van der Waals surface area contributed by atoms with Crippen LogP contribution in [0.4, 0.5) is 0 Å². The van der Waals surface area contributed by atoms with E-state index >= 15 is 0 Å². The van der Waals surface area contributed by atoms with Gasteiger partial charge in [-0.2, -0.15) is 0 Å². The van der Waals surface area contributed by atoms with Crippen LogP contribution < -0.4 is 9.47 Å². The van der Waals surface area contributed by atoms with Crippen molar-refractivity contribution in [1.82, 2.24) is 0 Å². The molecule has 8 nitrogen and oxygen atoms in total. The molecule has 0 heterocycles. The first-order chi connectivity index (χ1) is 14.3. The fourth-order valence-corrected chi connectivity index (χ4v) is 4.61. The second-order valence-electron chi connectivity index (χ2n) is 7.58. The third-order valence-electron chi connectivity index (χ3n) is 4.72. The summed E-state index contributed by atoms with van der Waals surface area (Å²) in [5.74, 6) is 0.613. The van der Waals surface area contributed by atoms with Crippen LogP contribution in [0.1, 0.15) is 36.1 Å². The van der Waals surface area contributed by atoms with Crippen LogP contribution in [0.2, 0.25) is 0 Å². The minimum absolute atomic E-state index is 0.0613. The molecular formula is C21H29O8PS. The quantitative estimate of drug-likeness (QED) is 0.398. The van der Waals surface area contributed by atoms with Gasteiger partial charge >= 0.3 is 7.60 Å². The molecule has 0 amide bonds. The van der Waals surface area contributed by atoms with Gasteiger partial charge in [0.05, 0.1) is 5.25 Å². The zero-order valence-corrected chi connectivity index (χ0v) is 20.0. The van der Waals surface area contributed by atoms with Gasteiger partial charge in [-0.1, -0.05) is 6.07 Å². The number of sulfone groups is 1. The van der Waals surface area contributed by atoms with Crippen molar-refractivity contribution in [2.45, 2.75) is 44.3 Å². The molecule has 10 heteroatoms. The van der Waals surface area contributed by atoms with Gasteiger partial charge in [0.25, 0.3) is 0 Å². The zero-order chi connectivity index (χ0) is 23.4. The lowest BCUT2D eigenvalue weighted by molar-refractivity contribution is 0.0490. The SMILES string of the molecule is COCOc1ccc(Cc2c(C)cc(OCP(=O)(O)O)cc2C)cc1S(=O)(=O)C(C)C. The maximum absolute atomic E-state index is 12.9. The van der Waals surface area contributed by atoms with E-state index in [0.717, 1.165) is 22.3 Å². The molecule has 31 heavy (non-hydrogen) atoms. The van der Waals surface area contributed by atoms with Gasteiger partial charge in [-0.15, -0.1) is 0 Å². The molecule has 2 rings (SSSR count). The minimum Gasteiger partial charge on any atom is -0.481 e. The number of benzene rings is 2. The molecule has 2 N–H and O–H groups in total. The number of ether oxygens (including phenoxy) is 3. The van der Waals surface area contributed by atoms with E-state index in [4.69, 9.17) is 24.0 Å². The lowest BCUT2D eigenvalue weighted by Gasteiger charge is -2.17. The van der Waals surface area contributed by atoms with Gasteiger partial charge < -0.3 is 24.0 Å². The van der Waals surface area contributed by atoms with Crippen LogP contribution in [0.3, 0.4) is 0 Å². The standard InChI is InChI=1S/C21H29O8PS/c1-14(2)31(25,26)21-11-17(6-7-20(21)28-12-27-5)10-19-15(3)8-18(9-16(19)4)29-13-30(22,23)24/h6-9,11,14H,10,12-13H2,1-5H3,(H2,22,23,24). The van der Waals surface area contributed by atoms with Gasteiger partial charge in [0, 0.05) is 7.11 Å². The monoisotopic (exact) mass is 472 g/mol. The molecule has 0 aromatic heterocycles. The van der Waals surface area contributed by atoms with Gasteiger partial charge in [0.1, 0.15) is 16.4 Å². The minimum atomic E-state index is -4.27. The smallest absolute Gasteiger partial charge is 0.362 e. The third-order valence-corrected chi connectivity index (χ3v) is 7.36. The lowest BCUT2D eigenvalue weighted by atomic mass is 9.96. The number of hydrogen-bond acceptors (Lipinski definition) is 6. The average molecular weight is 472 g/mol. The Morgan fingerprint density at radius 3 is 2.16 bits per heavy atom. The highest BCUT2D eigenvalue weighted by Gasteiger charge is 2.24. The van der Waals surface area contributed by atoms with Gasteiger partial charge in [-0.25, -0.2) is 8.42 Å². The van der Waals surface area contributed by atoms with Crippen molar-refractivity contribution in [3.8, 4) is 11.5 Å². The Bertz CT molecular complexity index is 1050. The molecule has 172 valence electrons. The molecular weight excluding hydrogens is 443 g/mol. The van der Waals surface area contributed by atoms with Crippen molar-refractivity contribution in [1.29, 1.82) is 0 Å². The molecule has 0 atom stereocenters. The van der Waals surface area contributed by atoms with E-state index in [-0.39, 0.29) is 17.4 Å². The second-order valence-corrected chi connectivity index (χ2v) is 11.6. The summed E-state index contributed by atoms with van der Waals surface area (Å²) in [7, 11) is -6.38. The summed E-state index contributed by atoms with van der Waals surface area (Å²) in [4.78, 5) is 18.1. The molecule has 0 aliphatic carbocycles. The Morgan fingerprint density at radius 2 is 1.65 bits per heavy atom. The van der Waals surface area contributed by atoms with E-state index in [1.165, 1.54) is 7.11 Å². The van der Waals surface area contributed by atoms with E-state index in [0.29, 0.717) is 12.2 Å². The summed E-state index contributed by atoms with van der Waals surface area (Å²) in [6.45, 7) is 6.91. The summed E-state index contributed by atoms with van der Waals surface area (Å²) < 4.78 is 52.3. The number of rotatable bonds is 10. The molecule has 0 saturated heterocycles. The third kappa shape index (κ3) is 6.79. The second kappa shape index (κ2) is 10.1. The summed E-state index contributed by atoms with van der Waals surface area (Å²) in [6.07, 6.45) is -0.216. The molecule has 0 spiro atoms. The van der Waals surface area contributed by atoms with Crippen LogP contribution in [0.25, 0.3) is 0 Å². The summed E-state index contributed by atoms with van der Waals surface area (Å²) in [6, 6.07) is 8.48. The van der Waals surface area contributed by atoms with Crippen molar-refractivity contribution in [3.63, 3.8) is 0 Å². The first-order valence-corrected chi connectivity index (χ1v) is 13.0. The van der Waals surface area contributed by atoms with Crippen LogP contribution in [0.15, 0.2) is 35.2 Å². The molecule has 2 aromatic carbocycles. The van der Waals surface area contributed by atoms with Gasteiger partial charge in [0.15, 0.2) is 23.0 Å². The lowest BCUT2D eigenvalue weighted by Crippen LogP contribution is -2.16. The molecule has 0 radical (unpaired) electrons. The van der Waals surface area contributed by atoms with Crippen molar-refractivity contribution in [2.75, 3.05) is 20.3 Å². The van der Waals surface area contributed by atoms with Crippen molar-refractivity contribution < 1.29 is 37.0 Å². The van der Waals surface area contributed by atoms with Gasteiger partial charge in [0.2, 0.25) is 0 Å². The Balaban J connectivity index is 2.39.